The van der Waals surface area contributed by atoms with E-state index in [1.165, 1.54) is 6.92 Å². The van der Waals surface area contributed by atoms with Crippen LogP contribution in [0.25, 0.3) is 11.1 Å². The van der Waals surface area contributed by atoms with Gasteiger partial charge >= 0.3 is 0 Å². The minimum atomic E-state index is -1.30. The van der Waals surface area contributed by atoms with Gasteiger partial charge < -0.3 is 20.9 Å². The van der Waals surface area contributed by atoms with Crippen molar-refractivity contribution in [2.24, 2.45) is 5.73 Å². The number of aliphatic hydroxyl groups is 1. The number of anilines is 1. The molecule has 0 heterocycles. The molecule has 1 atom stereocenters. The van der Waals surface area contributed by atoms with E-state index in [0.717, 1.165) is 16.9 Å². The lowest BCUT2D eigenvalue weighted by atomic mass is 10.0. The number of nitrogens with two attached hydrogens (primary N) is 1. The molecule has 0 radical (unpaired) electrons. The highest BCUT2D eigenvalue weighted by atomic mass is 16.5. The van der Waals surface area contributed by atoms with Crippen LogP contribution in [0.1, 0.15) is 6.92 Å². The Morgan fingerprint density at radius 3 is 2.09 bits per heavy atom. The molecule has 2 aromatic carbocycles. The monoisotopic (exact) mass is 300 g/mol. The van der Waals surface area contributed by atoms with Crippen LogP contribution in [0.5, 0.6) is 5.75 Å². The van der Waals surface area contributed by atoms with E-state index in [9.17, 15) is 4.79 Å². The predicted octanol–water partition coefficient (Wildman–Crippen LogP) is 2.01. The molecule has 2 rings (SSSR count). The lowest BCUT2D eigenvalue weighted by Crippen LogP contribution is -2.51. The number of amides is 1. The lowest BCUT2D eigenvalue weighted by molar-refractivity contribution is -0.121. The normalized spacial score (nSPS) is 13.3. The number of carbonyl (C=O) groups excluding carboxylic acids is 1. The molecule has 0 unspecified atom stereocenters. The van der Waals surface area contributed by atoms with Crippen molar-refractivity contribution in [2.45, 2.75) is 12.5 Å². The lowest BCUT2D eigenvalue weighted by Gasteiger charge is -2.20. The summed E-state index contributed by atoms with van der Waals surface area (Å²) in [5.74, 6) is 0.381. The summed E-state index contributed by atoms with van der Waals surface area (Å²) < 4.78 is 5.13. The Morgan fingerprint density at radius 1 is 1.14 bits per heavy atom. The van der Waals surface area contributed by atoms with Crippen molar-refractivity contribution in [1.29, 1.82) is 0 Å². The van der Waals surface area contributed by atoms with Gasteiger partial charge in [0.25, 0.3) is 0 Å². The summed E-state index contributed by atoms with van der Waals surface area (Å²) in [6, 6.07) is 15.1. The van der Waals surface area contributed by atoms with Gasteiger partial charge in [-0.15, -0.1) is 0 Å². The van der Waals surface area contributed by atoms with Gasteiger partial charge in [-0.3, -0.25) is 4.79 Å². The minimum Gasteiger partial charge on any atom is -0.497 e. The predicted molar refractivity (Wildman–Crippen MR) is 86.7 cm³/mol. The smallest absolute Gasteiger partial charge is 0.246 e. The third-order valence-corrected chi connectivity index (χ3v) is 3.41. The van der Waals surface area contributed by atoms with Crippen LogP contribution in [-0.2, 0) is 4.79 Å². The summed E-state index contributed by atoms with van der Waals surface area (Å²) in [6.07, 6.45) is 0. The number of aliphatic hydroxyl groups excluding tert-OH is 1. The molecule has 4 N–H and O–H groups in total. The Morgan fingerprint density at radius 2 is 1.64 bits per heavy atom. The van der Waals surface area contributed by atoms with E-state index in [-0.39, 0.29) is 0 Å². The maximum atomic E-state index is 11.9. The molecule has 0 aliphatic rings. The number of ether oxygens (including phenoxy) is 1. The molecule has 0 fully saturated rings. The second kappa shape index (κ2) is 6.60. The average Bonchev–Trinajstić information content (AvgIpc) is 2.55. The minimum absolute atomic E-state index is 0.414. The fourth-order valence-corrected chi connectivity index (χ4v) is 1.88. The van der Waals surface area contributed by atoms with Crippen LogP contribution in [0.3, 0.4) is 0 Å². The molecule has 22 heavy (non-hydrogen) atoms. The Bertz CT molecular complexity index is 634. The zero-order chi connectivity index (χ0) is 16.2. The molecule has 0 aromatic heterocycles. The topological polar surface area (TPSA) is 84.6 Å². The summed E-state index contributed by atoms with van der Waals surface area (Å²) in [7, 11) is 1.63. The third-order valence-electron chi connectivity index (χ3n) is 3.41. The third kappa shape index (κ3) is 3.63. The molecule has 1 amide bonds. The molecular formula is C17H20N2O3. The van der Waals surface area contributed by atoms with Crippen molar-refractivity contribution < 1.29 is 14.6 Å². The summed E-state index contributed by atoms with van der Waals surface area (Å²) in [5, 5.41) is 11.8. The molecule has 0 saturated carbocycles. The highest BCUT2D eigenvalue weighted by molar-refractivity contribution is 5.97. The van der Waals surface area contributed by atoms with Crippen molar-refractivity contribution in [1.82, 2.24) is 0 Å². The summed E-state index contributed by atoms with van der Waals surface area (Å²) in [5.41, 5.74) is 7.10. The van der Waals surface area contributed by atoms with Gasteiger partial charge in [0.1, 0.15) is 11.3 Å². The standard InChI is InChI=1S/C17H20N2O3/c1-17(18,11-20)16(21)19-14-7-3-12(4-8-14)13-5-9-15(22-2)10-6-13/h3-10,20H,11,18H2,1-2H3,(H,19,21)/t17-/m0/s1. The van der Waals surface area contributed by atoms with E-state index in [1.807, 2.05) is 36.4 Å². The van der Waals surface area contributed by atoms with E-state index in [0.29, 0.717) is 5.69 Å². The maximum Gasteiger partial charge on any atom is 0.246 e. The summed E-state index contributed by atoms with van der Waals surface area (Å²) >= 11 is 0. The van der Waals surface area contributed by atoms with Gasteiger partial charge in [-0.2, -0.15) is 0 Å². The molecule has 116 valence electrons. The SMILES string of the molecule is COc1ccc(-c2ccc(NC(=O)[C@@](C)(N)CO)cc2)cc1. The molecule has 0 bridgehead atoms. The fraction of sp³-hybridized carbons (Fsp3) is 0.235. The number of rotatable bonds is 5. The van der Waals surface area contributed by atoms with Crippen molar-refractivity contribution >= 4 is 11.6 Å². The first-order chi connectivity index (χ1) is 10.5. The largest absolute Gasteiger partial charge is 0.497 e. The second-order valence-electron chi connectivity index (χ2n) is 5.34. The van der Waals surface area contributed by atoms with Crippen molar-refractivity contribution in [3.8, 4) is 16.9 Å². The van der Waals surface area contributed by atoms with Gasteiger partial charge in [-0.1, -0.05) is 24.3 Å². The number of methoxy groups -OCH3 is 1. The Kier molecular flexibility index (Phi) is 4.80. The first-order valence-electron chi connectivity index (χ1n) is 6.92. The average molecular weight is 300 g/mol. The van der Waals surface area contributed by atoms with Crippen LogP contribution in [0.15, 0.2) is 48.5 Å². The van der Waals surface area contributed by atoms with Crippen LogP contribution < -0.4 is 15.8 Å². The summed E-state index contributed by atoms with van der Waals surface area (Å²) in [6.45, 7) is 1.07. The molecule has 5 heteroatoms. The van der Waals surface area contributed by atoms with Gasteiger partial charge in [-0.05, 0) is 42.3 Å². The zero-order valence-electron chi connectivity index (χ0n) is 12.7. The highest BCUT2D eigenvalue weighted by Crippen LogP contribution is 2.24. The maximum absolute atomic E-state index is 11.9. The van der Waals surface area contributed by atoms with E-state index >= 15 is 0 Å². The number of benzene rings is 2. The van der Waals surface area contributed by atoms with Crippen LogP contribution in [-0.4, -0.2) is 30.3 Å². The first kappa shape index (κ1) is 16.0. The van der Waals surface area contributed by atoms with Gasteiger partial charge in [0.2, 0.25) is 5.91 Å². The van der Waals surface area contributed by atoms with Crippen molar-refractivity contribution in [3.63, 3.8) is 0 Å². The van der Waals surface area contributed by atoms with Gasteiger partial charge in [0.15, 0.2) is 0 Å². The van der Waals surface area contributed by atoms with Gasteiger partial charge in [0, 0.05) is 5.69 Å². The van der Waals surface area contributed by atoms with E-state index in [1.54, 1.807) is 19.2 Å². The highest BCUT2D eigenvalue weighted by Gasteiger charge is 2.27. The van der Waals surface area contributed by atoms with E-state index in [4.69, 9.17) is 15.6 Å². The first-order valence-corrected chi connectivity index (χ1v) is 6.92. The van der Waals surface area contributed by atoms with Crippen LogP contribution in [0.4, 0.5) is 5.69 Å². The van der Waals surface area contributed by atoms with Gasteiger partial charge in [-0.25, -0.2) is 0 Å². The van der Waals surface area contributed by atoms with Crippen molar-refractivity contribution in [3.05, 3.63) is 48.5 Å². The van der Waals surface area contributed by atoms with Crippen LogP contribution in [0.2, 0.25) is 0 Å². The molecular weight excluding hydrogens is 280 g/mol. The van der Waals surface area contributed by atoms with E-state index < -0.39 is 18.1 Å². The molecule has 0 aliphatic carbocycles. The van der Waals surface area contributed by atoms with Gasteiger partial charge in [0.05, 0.1) is 13.7 Å². The number of hydrogen-bond acceptors (Lipinski definition) is 4. The quantitative estimate of drug-likeness (QED) is 0.788. The van der Waals surface area contributed by atoms with Crippen LogP contribution in [0, 0.1) is 0 Å². The van der Waals surface area contributed by atoms with Crippen molar-refractivity contribution in [2.75, 3.05) is 19.0 Å². The molecule has 2 aromatic rings. The fourth-order valence-electron chi connectivity index (χ4n) is 1.88. The second-order valence-corrected chi connectivity index (χ2v) is 5.34. The Hall–Kier alpha value is -2.37. The number of carbonyl (C=O) groups is 1. The molecule has 5 nitrogen and oxygen atoms in total. The Labute approximate surface area is 129 Å². The Balaban J connectivity index is 2.11. The molecule has 0 spiro atoms. The van der Waals surface area contributed by atoms with Crippen LogP contribution >= 0.6 is 0 Å². The number of nitrogens with one attached hydrogen (secondary N) is 1. The number of hydrogen-bond donors (Lipinski definition) is 3. The van der Waals surface area contributed by atoms with E-state index in [2.05, 4.69) is 5.32 Å². The molecule has 0 saturated heterocycles. The summed E-state index contributed by atoms with van der Waals surface area (Å²) in [4.78, 5) is 11.9. The molecule has 0 aliphatic heterocycles. The zero-order valence-corrected chi connectivity index (χ0v) is 12.7.